The molecule has 0 aromatic heterocycles. The van der Waals surface area contributed by atoms with Crippen LogP contribution in [0, 0.1) is 5.41 Å². The third-order valence-electron chi connectivity index (χ3n) is 4.50. The minimum Gasteiger partial charge on any atom is -0.315 e. The van der Waals surface area contributed by atoms with E-state index in [-0.39, 0.29) is 0 Å². The first-order valence-electron chi connectivity index (χ1n) is 7.04. The zero-order valence-corrected chi connectivity index (χ0v) is 11.3. The van der Waals surface area contributed by atoms with Gasteiger partial charge in [0.2, 0.25) is 0 Å². The number of hydrogen-bond acceptors (Lipinski definition) is 2. The number of piperidine rings is 1. The minimum absolute atomic E-state index is 0.536. The van der Waals surface area contributed by atoms with Gasteiger partial charge in [-0.05, 0) is 44.7 Å². The fraction of sp³-hybridized carbons (Fsp3) is 1.00. The lowest BCUT2D eigenvalue weighted by Crippen LogP contribution is -2.55. The van der Waals surface area contributed by atoms with Crippen molar-refractivity contribution in [2.75, 3.05) is 20.1 Å². The number of rotatable bonds is 2. The highest BCUT2D eigenvalue weighted by atomic mass is 15.2. The summed E-state index contributed by atoms with van der Waals surface area (Å²) in [5.41, 5.74) is 0.536. The van der Waals surface area contributed by atoms with Crippen molar-refractivity contribution in [3.8, 4) is 0 Å². The van der Waals surface area contributed by atoms with Gasteiger partial charge in [-0.3, -0.25) is 4.90 Å². The van der Waals surface area contributed by atoms with Crippen LogP contribution in [-0.4, -0.2) is 37.1 Å². The summed E-state index contributed by atoms with van der Waals surface area (Å²) in [6, 6.07) is 1.54. The van der Waals surface area contributed by atoms with Crippen LogP contribution in [-0.2, 0) is 0 Å². The first-order valence-corrected chi connectivity index (χ1v) is 7.04. The van der Waals surface area contributed by atoms with E-state index >= 15 is 0 Å². The molecule has 2 atom stereocenters. The second kappa shape index (κ2) is 5.05. The Morgan fingerprint density at radius 3 is 2.56 bits per heavy atom. The van der Waals surface area contributed by atoms with Crippen molar-refractivity contribution in [3.05, 3.63) is 0 Å². The molecule has 2 aliphatic rings. The van der Waals surface area contributed by atoms with Gasteiger partial charge in [-0.2, -0.15) is 0 Å². The summed E-state index contributed by atoms with van der Waals surface area (Å²) in [5, 5.41) is 3.54. The molecule has 0 radical (unpaired) electrons. The van der Waals surface area contributed by atoms with Gasteiger partial charge >= 0.3 is 0 Å². The van der Waals surface area contributed by atoms with Crippen LogP contribution >= 0.6 is 0 Å². The van der Waals surface area contributed by atoms with Gasteiger partial charge in [0.25, 0.3) is 0 Å². The smallest absolute Gasteiger partial charge is 0.0249 e. The molecule has 2 nitrogen and oxygen atoms in total. The monoisotopic (exact) mass is 224 g/mol. The van der Waals surface area contributed by atoms with Crippen LogP contribution in [0.5, 0.6) is 0 Å². The minimum atomic E-state index is 0.536. The van der Waals surface area contributed by atoms with Gasteiger partial charge in [0.05, 0.1) is 0 Å². The van der Waals surface area contributed by atoms with Gasteiger partial charge in [-0.1, -0.05) is 26.7 Å². The first kappa shape index (κ1) is 12.4. The van der Waals surface area contributed by atoms with E-state index in [0.29, 0.717) is 5.41 Å². The fourth-order valence-corrected chi connectivity index (χ4v) is 3.64. The van der Waals surface area contributed by atoms with Crippen LogP contribution < -0.4 is 5.32 Å². The molecule has 1 N–H and O–H groups in total. The predicted octanol–water partition coefficient (Wildman–Crippen LogP) is 2.64. The zero-order chi connectivity index (χ0) is 11.6. The van der Waals surface area contributed by atoms with Gasteiger partial charge < -0.3 is 5.32 Å². The lowest BCUT2D eigenvalue weighted by atomic mass is 9.81. The third-order valence-corrected chi connectivity index (χ3v) is 4.50. The lowest BCUT2D eigenvalue weighted by molar-refractivity contribution is 0.0464. The number of likely N-dealkylation sites (tertiary alicyclic amines) is 1. The highest BCUT2D eigenvalue weighted by Crippen LogP contribution is 2.33. The molecular formula is C14H28N2. The van der Waals surface area contributed by atoms with Crippen molar-refractivity contribution in [2.45, 2.75) is 64.5 Å². The molecule has 0 spiro atoms. The van der Waals surface area contributed by atoms with Crippen LogP contribution in [0.4, 0.5) is 0 Å². The average molecular weight is 224 g/mol. The molecule has 0 bridgehead atoms. The molecule has 0 aromatic carbocycles. The van der Waals surface area contributed by atoms with Crippen molar-refractivity contribution in [1.29, 1.82) is 0 Å². The third kappa shape index (κ3) is 2.78. The van der Waals surface area contributed by atoms with E-state index in [1.165, 1.54) is 51.6 Å². The number of hydrogen-bond donors (Lipinski definition) is 1. The van der Waals surface area contributed by atoms with Gasteiger partial charge in [0, 0.05) is 18.6 Å². The van der Waals surface area contributed by atoms with E-state index in [2.05, 4.69) is 31.1 Å². The van der Waals surface area contributed by atoms with E-state index in [9.17, 15) is 0 Å². The molecule has 94 valence electrons. The predicted molar refractivity (Wildman–Crippen MR) is 69.7 cm³/mol. The quantitative estimate of drug-likeness (QED) is 0.776. The van der Waals surface area contributed by atoms with E-state index in [1.54, 1.807) is 0 Å². The van der Waals surface area contributed by atoms with Crippen molar-refractivity contribution < 1.29 is 0 Å². The summed E-state index contributed by atoms with van der Waals surface area (Å²) in [6.45, 7) is 7.48. The number of nitrogens with one attached hydrogen (secondary N) is 1. The zero-order valence-electron chi connectivity index (χ0n) is 11.3. The largest absolute Gasteiger partial charge is 0.315 e. The van der Waals surface area contributed by atoms with Crippen molar-refractivity contribution >= 4 is 0 Å². The topological polar surface area (TPSA) is 15.3 Å². The molecular weight excluding hydrogens is 196 g/mol. The molecule has 0 amide bonds. The Kier molecular flexibility index (Phi) is 3.91. The Labute approximate surface area is 101 Å². The van der Waals surface area contributed by atoms with Crippen LogP contribution in [0.25, 0.3) is 0 Å². The second-order valence-corrected chi connectivity index (χ2v) is 6.49. The Morgan fingerprint density at radius 1 is 1.12 bits per heavy atom. The first-order chi connectivity index (χ1) is 7.62. The summed E-state index contributed by atoms with van der Waals surface area (Å²) in [4.78, 5) is 2.77. The summed E-state index contributed by atoms with van der Waals surface area (Å²) in [5.74, 6) is 0. The molecule has 2 unspecified atom stereocenters. The van der Waals surface area contributed by atoms with Crippen LogP contribution in [0.2, 0.25) is 0 Å². The maximum absolute atomic E-state index is 3.54. The molecule has 1 saturated heterocycles. The summed E-state index contributed by atoms with van der Waals surface area (Å²) >= 11 is 0. The van der Waals surface area contributed by atoms with Gasteiger partial charge in [-0.25, -0.2) is 0 Å². The maximum Gasteiger partial charge on any atom is 0.0249 e. The average Bonchev–Trinajstić information content (AvgIpc) is 2.27. The molecule has 1 aliphatic carbocycles. The van der Waals surface area contributed by atoms with Crippen molar-refractivity contribution in [2.24, 2.45) is 5.41 Å². The molecule has 1 heterocycles. The SMILES string of the molecule is CNC1CCCCC1N1CCCC(C)(C)C1. The molecule has 0 aromatic rings. The summed E-state index contributed by atoms with van der Waals surface area (Å²) in [7, 11) is 2.14. The molecule has 1 saturated carbocycles. The fourth-order valence-electron chi connectivity index (χ4n) is 3.64. The Balaban J connectivity index is 1.99. The van der Waals surface area contributed by atoms with E-state index in [0.717, 1.165) is 12.1 Å². The number of likely N-dealkylation sites (N-methyl/N-ethyl adjacent to an activating group) is 1. The highest BCUT2D eigenvalue weighted by molar-refractivity contribution is 4.91. The highest BCUT2D eigenvalue weighted by Gasteiger charge is 2.34. The van der Waals surface area contributed by atoms with Crippen LogP contribution in [0.3, 0.4) is 0 Å². The lowest BCUT2D eigenvalue weighted by Gasteiger charge is -2.46. The van der Waals surface area contributed by atoms with Crippen LogP contribution in [0.15, 0.2) is 0 Å². The van der Waals surface area contributed by atoms with E-state index in [1.807, 2.05) is 0 Å². The molecule has 2 heteroatoms. The second-order valence-electron chi connectivity index (χ2n) is 6.49. The molecule has 2 rings (SSSR count). The number of nitrogens with zero attached hydrogens (tertiary/aromatic N) is 1. The van der Waals surface area contributed by atoms with Gasteiger partial charge in [0.15, 0.2) is 0 Å². The van der Waals surface area contributed by atoms with Gasteiger partial charge in [0.1, 0.15) is 0 Å². The van der Waals surface area contributed by atoms with Gasteiger partial charge in [-0.15, -0.1) is 0 Å². The Hall–Kier alpha value is -0.0800. The standard InChI is InChI=1S/C14H28N2/c1-14(2)9-6-10-16(11-14)13-8-5-4-7-12(13)15-3/h12-13,15H,4-11H2,1-3H3. The van der Waals surface area contributed by atoms with Crippen molar-refractivity contribution in [3.63, 3.8) is 0 Å². The van der Waals surface area contributed by atoms with E-state index in [4.69, 9.17) is 0 Å². The summed E-state index contributed by atoms with van der Waals surface area (Å²) in [6.07, 6.45) is 8.42. The van der Waals surface area contributed by atoms with E-state index < -0.39 is 0 Å². The Bertz CT molecular complexity index is 225. The normalized spacial score (nSPS) is 36.2. The van der Waals surface area contributed by atoms with Crippen molar-refractivity contribution in [1.82, 2.24) is 10.2 Å². The molecule has 16 heavy (non-hydrogen) atoms. The maximum atomic E-state index is 3.54. The Morgan fingerprint density at radius 2 is 1.88 bits per heavy atom. The molecule has 2 fully saturated rings. The summed E-state index contributed by atoms with van der Waals surface area (Å²) < 4.78 is 0. The molecule has 1 aliphatic heterocycles. The van der Waals surface area contributed by atoms with Crippen LogP contribution in [0.1, 0.15) is 52.4 Å².